The van der Waals surface area contributed by atoms with Crippen molar-refractivity contribution in [3.63, 3.8) is 0 Å². The summed E-state index contributed by atoms with van der Waals surface area (Å²) in [5, 5.41) is 4.45. The Kier molecular flexibility index (Phi) is 2.94. The molecule has 2 N–H and O–H groups in total. The predicted molar refractivity (Wildman–Crippen MR) is 45.5 cm³/mol. The lowest BCUT2D eigenvalue weighted by Crippen LogP contribution is -2.19. The molecule has 0 aliphatic carbocycles. The molecular weight excluding hydrogens is 236 g/mol. The molecule has 0 spiro atoms. The second-order valence-electron chi connectivity index (χ2n) is 2.43. The molecule has 1 rings (SSSR count). The third-order valence-corrected chi connectivity index (χ3v) is 1.58. The first kappa shape index (κ1) is 11.4. The predicted octanol–water partition coefficient (Wildman–Crippen LogP) is 1.72. The Hall–Kier alpha value is -1.63. The van der Waals surface area contributed by atoms with Gasteiger partial charge in [-0.3, -0.25) is 4.79 Å². The van der Waals surface area contributed by atoms with Crippen molar-refractivity contribution in [3.8, 4) is 5.75 Å². The molecular formula is C7H4ClF2NO4. The molecule has 0 saturated carbocycles. The van der Waals surface area contributed by atoms with E-state index in [1.807, 2.05) is 0 Å². The quantitative estimate of drug-likeness (QED) is 0.608. The minimum Gasteiger partial charge on any atom is -0.449 e. The van der Waals surface area contributed by atoms with Crippen LogP contribution in [0.2, 0.25) is 0 Å². The summed E-state index contributed by atoms with van der Waals surface area (Å²) in [6.07, 6.45) is -1.72. The number of carbonyl (C=O) groups is 1. The molecule has 0 aliphatic heterocycles. The molecule has 5 nitrogen and oxygen atoms in total. The Morgan fingerprint density at radius 3 is 2.53 bits per heavy atom. The van der Waals surface area contributed by atoms with Crippen molar-refractivity contribution in [1.82, 2.24) is 4.98 Å². The fourth-order valence-corrected chi connectivity index (χ4v) is 0.910. The van der Waals surface area contributed by atoms with E-state index < -0.39 is 28.5 Å². The van der Waals surface area contributed by atoms with Crippen LogP contribution in [-0.4, -0.2) is 16.2 Å². The lowest BCUT2D eigenvalue weighted by Gasteiger charge is -2.07. The molecule has 0 saturated heterocycles. The molecule has 15 heavy (non-hydrogen) atoms. The Morgan fingerprint density at radius 1 is 1.53 bits per heavy atom. The molecule has 0 bridgehead atoms. The molecule has 1 aromatic rings. The Bertz CT molecular complexity index is 439. The van der Waals surface area contributed by atoms with Crippen LogP contribution in [0, 0.1) is 0 Å². The maximum atomic E-state index is 12.5. The number of carboxylic acid groups (broad SMARTS) is 1. The number of hydrogen-bond donors (Lipinski definition) is 2. The van der Waals surface area contributed by atoms with E-state index in [1.54, 1.807) is 4.98 Å². The lowest BCUT2D eigenvalue weighted by atomic mass is 10.3. The second kappa shape index (κ2) is 3.85. The first-order valence-electron chi connectivity index (χ1n) is 3.52. The number of nitrogens with one attached hydrogen (secondary N) is 1. The zero-order valence-electron chi connectivity index (χ0n) is 6.96. The summed E-state index contributed by atoms with van der Waals surface area (Å²) in [6.45, 7) is 0. The molecule has 0 atom stereocenters. The first-order chi connectivity index (χ1) is 6.80. The van der Waals surface area contributed by atoms with Crippen LogP contribution in [0.5, 0.6) is 5.75 Å². The van der Waals surface area contributed by atoms with Gasteiger partial charge in [0.25, 0.3) is 5.56 Å². The van der Waals surface area contributed by atoms with Gasteiger partial charge in [-0.1, -0.05) is 0 Å². The molecule has 0 radical (unpaired) electrons. The lowest BCUT2D eigenvalue weighted by molar-refractivity contribution is 0.0895. The van der Waals surface area contributed by atoms with Gasteiger partial charge in [0.2, 0.25) is 0 Å². The molecule has 0 unspecified atom stereocenters. The van der Waals surface area contributed by atoms with Crippen molar-refractivity contribution in [2.24, 2.45) is 0 Å². The highest BCUT2D eigenvalue weighted by molar-refractivity contribution is 6.21. The zero-order valence-corrected chi connectivity index (χ0v) is 7.72. The molecule has 82 valence electrons. The summed E-state index contributed by atoms with van der Waals surface area (Å²) in [4.78, 5) is 22.7. The third-order valence-electron chi connectivity index (χ3n) is 1.38. The van der Waals surface area contributed by atoms with Crippen molar-refractivity contribution in [3.05, 3.63) is 28.2 Å². The molecule has 0 amide bonds. The molecule has 0 aromatic carbocycles. The van der Waals surface area contributed by atoms with Crippen molar-refractivity contribution >= 4 is 17.8 Å². The molecule has 1 heterocycles. The van der Waals surface area contributed by atoms with Crippen molar-refractivity contribution in [1.29, 1.82) is 0 Å². The maximum absolute atomic E-state index is 12.5. The smallest absolute Gasteiger partial charge is 0.449 e. The van der Waals surface area contributed by atoms with Crippen LogP contribution in [-0.2, 0) is 5.38 Å². The Balaban J connectivity index is 3.09. The van der Waals surface area contributed by atoms with E-state index in [2.05, 4.69) is 16.3 Å². The zero-order chi connectivity index (χ0) is 11.6. The number of rotatable bonds is 2. The molecule has 1 aromatic heterocycles. The van der Waals surface area contributed by atoms with Crippen molar-refractivity contribution in [2.75, 3.05) is 0 Å². The number of halogens is 3. The van der Waals surface area contributed by atoms with Crippen LogP contribution in [0.3, 0.4) is 0 Å². The molecule has 0 fully saturated rings. The van der Waals surface area contributed by atoms with Gasteiger partial charge in [0.05, 0.1) is 0 Å². The highest BCUT2D eigenvalue weighted by Gasteiger charge is 2.29. The fourth-order valence-electron chi connectivity index (χ4n) is 0.800. The van der Waals surface area contributed by atoms with Gasteiger partial charge < -0.3 is 14.8 Å². The SMILES string of the molecule is O=C(O)Oc1ccc(C(F)(F)Cl)[nH]c1=O. The average Bonchev–Trinajstić information content (AvgIpc) is 2.05. The fraction of sp³-hybridized carbons (Fsp3) is 0.143. The van der Waals surface area contributed by atoms with Gasteiger partial charge >= 0.3 is 11.5 Å². The van der Waals surface area contributed by atoms with Gasteiger partial charge in [0.15, 0.2) is 5.75 Å². The van der Waals surface area contributed by atoms with E-state index in [-0.39, 0.29) is 0 Å². The summed E-state index contributed by atoms with van der Waals surface area (Å²) in [7, 11) is 0. The number of H-pyrrole nitrogens is 1. The summed E-state index contributed by atoms with van der Waals surface area (Å²) >= 11 is 4.63. The van der Waals surface area contributed by atoms with E-state index >= 15 is 0 Å². The summed E-state index contributed by atoms with van der Waals surface area (Å²) in [5.74, 6) is -0.604. The second-order valence-corrected chi connectivity index (χ2v) is 2.91. The van der Waals surface area contributed by atoms with Gasteiger partial charge in [-0.25, -0.2) is 4.79 Å². The number of alkyl halides is 3. The normalized spacial score (nSPS) is 11.1. The number of hydrogen-bond acceptors (Lipinski definition) is 3. The van der Waals surface area contributed by atoms with Gasteiger partial charge in [0, 0.05) is 0 Å². The number of aromatic amines is 1. The average molecular weight is 240 g/mol. The molecule has 8 heteroatoms. The van der Waals surface area contributed by atoms with Crippen LogP contribution < -0.4 is 10.3 Å². The minimum atomic E-state index is -3.72. The monoisotopic (exact) mass is 239 g/mol. The topological polar surface area (TPSA) is 79.4 Å². The van der Waals surface area contributed by atoms with E-state index in [0.717, 1.165) is 12.1 Å². The Labute approximate surface area is 86.2 Å². The van der Waals surface area contributed by atoms with E-state index in [9.17, 15) is 18.4 Å². The van der Waals surface area contributed by atoms with Crippen LogP contribution in [0.4, 0.5) is 13.6 Å². The third kappa shape index (κ3) is 2.91. The number of ether oxygens (including phenoxy) is 1. The molecule has 0 aliphatic rings. The minimum absolute atomic E-state index is 0.604. The first-order valence-corrected chi connectivity index (χ1v) is 3.90. The van der Waals surface area contributed by atoms with Crippen LogP contribution in [0.25, 0.3) is 0 Å². The maximum Gasteiger partial charge on any atom is 0.511 e. The van der Waals surface area contributed by atoms with Crippen LogP contribution >= 0.6 is 11.6 Å². The van der Waals surface area contributed by atoms with Gasteiger partial charge in [-0.05, 0) is 23.7 Å². The van der Waals surface area contributed by atoms with E-state index in [0.29, 0.717) is 0 Å². The summed E-state index contributed by atoms with van der Waals surface area (Å²) in [5.41, 5.74) is -1.94. The number of aromatic nitrogens is 1. The largest absolute Gasteiger partial charge is 0.511 e. The summed E-state index contributed by atoms with van der Waals surface area (Å²) < 4.78 is 28.9. The van der Waals surface area contributed by atoms with Gasteiger partial charge in [0.1, 0.15) is 5.69 Å². The van der Waals surface area contributed by atoms with Crippen molar-refractivity contribution in [2.45, 2.75) is 5.38 Å². The highest BCUT2D eigenvalue weighted by atomic mass is 35.5. The standard InChI is InChI=1S/C7H4ClF2NO4/c8-7(9,10)4-2-1-3(5(12)11-4)15-6(13)14/h1-2H,(H,11,12)(H,13,14). The summed E-state index contributed by atoms with van der Waals surface area (Å²) in [6, 6.07) is 1.55. The Morgan fingerprint density at radius 2 is 2.13 bits per heavy atom. The van der Waals surface area contributed by atoms with Crippen LogP contribution in [0.1, 0.15) is 5.69 Å². The highest BCUT2D eigenvalue weighted by Crippen LogP contribution is 2.30. The van der Waals surface area contributed by atoms with E-state index in [1.165, 1.54) is 0 Å². The van der Waals surface area contributed by atoms with Crippen molar-refractivity contribution < 1.29 is 23.4 Å². The van der Waals surface area contributed by atoms with Gasteiger partial charge in [-0.15, -0.1) is 0 Å². The van der Waals surface area contributed by atoms with Crippen LogP contribution in [0.15, 0.2) is 16.9 Å². The van der Waals surface area contributed by atoms with Gasteiger partial charge in [-0.2, -0.15) is 8.78 Å². The van der Waals surface area contributed by atoms with E-state index in [4.69, 9.17) is 5.11 Å². The number of pyridine rings is 1.